The van der Waals surface area contributed by atoms with E-state index < -0.39 is 12.0 Å². The van der Waals surface area contributed by atoms with Crippen molar-refractivity contribution in [1.29, 1.82) is 0 Å². The van der Waals surface area contributed by atoms with Crippen molar-refractivity contribution in [3.8, 4) is 0 Å². The summed E-state index contributed by atoms with van der Waals surface area (Å²) in [6.07, 6.45) is 21.8. The molecule has 0 fully saturated rings. The molecule has 2 atom stereocenters. The van der Waals surface area contributed by atoms with Crippen LogP contribution in [0.1, 0.15) is 117 Å². The summed E-state index contributed by atoms with van der Waals surface area (Å²) in [6, 6.07) is -0.763. The molecule has 0 rings (SSSR count). The number of carbonyl (C=O) groups excluding carboxylic acids is 1. The molecular formula is C24H45NO3. The second-order valence-electron chi connectivity index (χ2n) is 8.10. The smallest absolute Gasteiger partial charge is 0.326 e. The van der Waals surface area contributed by atoms with Crippen LogP contribution in [0.4, 0.5) is 0 Å². The molecule has 0 spiro atoms. The van der Waals surface area contributed by atoms with Gasteiger partial charge in [-0.05, 0) is 38.0 Å². The van der Waals surface area contributed by atoms with Crippen LogP contribution in [0.5, 0.6) is 0 Å². The Hall–Kier alpha value is -1.32. The number of unbranched alkanes of at least 4 members (excludes halogenated alkanes) is 11. The molecule has 0 saturated heterocycles. The minimum Gasteiger partial charge on any atom is -0.480 e. The van der Waals surface area contributed by atoms with Gasteiger partial charge >= 0.3 is 5.97 Å². The summed E-state index contributed by atoms with van der Waals surface area (Å²) >= 11 is 0. The van der Waals surface area contributed by atoms with Crippen LogP contribution < -0.4 is 5.32 Å². The summed E-state index contributed by atoms with van der Waals surface area (Å²) in [5.41, 5.74) is 0. The zero-order chi connectivity index (χ0) is 21.0. The maximum absolute atomic E-state index is 11.9. The molecule has 0 aromatic carbocycles. The van der Waals surface area contributed by atoms with Gasteiger partial charge in [-0.25, -0.2) is 4.79 Å². The first-order valence-corrected chi connectivity index (χ1v) is 11.7. The molecule has 28 heavy (non-hydrogen) atoms. The highest BCUT2D eigenvalue weighted by Gasteiger charge is 2.24. The van der Waals surface area contributed by atoms with Crippen LogP contribution >= 0.6 is 0 Å². The number of allylic oxidation sites excluding steroid dienone is 2. The van der Waals surface area contributed by atoms with Crippen molar-refractivity contribution in [3.05, 3.63) is 12.2 Å². The van der Waals surface area contributed by atoms with Crippen molar-refractivity contribution in [1.82, 2.24) is 5.32 Å². The van der Waals surface area contributed by atoms with Crippen LogP contribution in [-0.4, -0.2) is 23.0 Å². The van der Waals surface area contributed by atoms with Crippen LogP contribution in [0.3, 0.4) is 0 Å². The standard InChI is InChI=1S/C24H45NO3/c1-4-6-7-8-9-10-11-12-13-14-15-16-17-18-19-20-22(26)25-23(24(27)28)21(3)5-2/h12-13,21,23H,4-11,14-20H2,1-3H3,(H,25,26)(H,27,28). The third kappa shape index (κ3) is 15.7. The van der Waals surface area contributed by atoms with Gasteiger partial charge in [-0.1, -0.05) is 90.7 Å². The molecular weight excluding hydrogens is 350 g/mol. The van der Waals surface area contributed by atoms with Crippen molar-refractivity contribution in [2.24, 2.45) is 5.92 Å². The number of nitrogens with one attached hydrogen (secondary N) is 1. The zero-order valence-electron chi connectivity index (χ0n) is 18.7. The number of amides is 1. The van der Waals surface area contributed by atoms with Crippen molar-refractivity contribution in [2.75, 3.05) is 0 Å². The van der Waals surface area contributed by atoms with Gasteiger partial charge in [0.15, 0.2) is 0 Å². The predicted molar refractivity (Wildman–Crippen MR) is 118 cm³/mol. The first kappa shape index (κ1) is 26.7. The lowest BCUT2D eigenvalue weighted by Crippen LogP contribution is -2.44. The Labute approximate surface area is 173 Å². The molecule has 2 unspecified atom stereocenters. The number of aliphatic carboxylic acids is 1. The predicted octanol–water partition coefficient (Wildman–Crippen LogP) is 6.64. The van der Waals surface area contributed by atoms with E-state index in [0.717, 1.165) is 32.1 Å². The van der Waals surface area contributed by atoms with E-state index in [1.165, 1.54) is 57.8 Å². The summed E-state index contributed by atoms with van der Waals surface area (Å²) in [5, 5.41) is 11.9. The third-order valence-electron chi connectivity index (χ3n) is 5.46. The normalized spacial score (nSPS) is 13.5. The number of rotatable bonds is 19. The van der Waals surface area contributed by atoms with Gasteiger partial charge in [0.2, 0.25) is 5.91 Å². The number of hydrogen-bond donors (Lipinski definition) is 2. The monoisotopic (exact) mass is 395 g/mol. The van der Waals surface area contributed by atoms with Gasteiger partial charge in [0.25, 0.3) is 0 Å². The molecule has 0 heterocycles. The lowest BCUT2D eigenvalue weighted by atomic mass is 9.99. The Morgan fingerprint density at radius 1 is 0.821 bits per heavy atom. The van der Waals surface area contributed by atoms with Crippen LogP contribution in [0, 0.1) is 5.92 Å². The second-order valence-corrected chi connectivity index (χ2v) is 8.10. The van der Waals surface area contributed by atoms with Crippen molar-refractivity contribution in [2.45, 2.75) is 123 Å². The van der Waals surface area contributed by atoms with E-state index in [4.69, 9.17) is 0 Å². The van der Waals surface area contributed by atoms with Gasteiger partial charge in [0, 0.05) is 6.42 Å². The topological polar surface area (TPSA) is 66.4 Å². The molecule has 2 N–H and O–H groups in total. The van der Waals surface area contributed by atoms with E-state index in [1.807, 2.05) is 13.8 Å². The second kappa shape index (κ2) is 19.0. The van der Waals surface area contributed by atoms with Gasteiger partial charge < -0.3 is 10.4 Å². The Morgan fingerprint density at radius 3 is 1.82 bits per heavy atom. The molecule has 0 aliphatic carbocycles. The third-order valence-corrected chi connectivity index (χ3v) is 5.46. The van der Waals surface area contributed by atoms with Crippen molar-refractivity contribution >= 4 is 11.9 Å². The largest absolute Gasteiger partial charge is 0.480 e. The molecule has 164 valence electrons. The molecule has 0 aliphatic heterocycles. The fourth-order valence-corrected chi connectivity index (χ4v) is 3.28. The number of hydrogen-bond acceptors (Lipinski definition) is 2. The summed E-state index contributed by atoms with van der Waals surface area (Å²) in [4.78, 5) is 23.2. The van der Waals surface area contributed by atoms with Gasteiger partial charge in [0.05, 0.1) is 0 Å². The van der Waals surface area contributed by atoms with Gasteiger partial charge in [-0.15, -0.1) is 0 Å². The minimum atomic E-state index is -0.938. The fourth-order valence-electron chi connectivity index (χ4n) is 3.28. The highest BCUT2D eigenvalue weighted by molar-refractivity contribution is 5.83. The molecule has 4 nitrogen and oxygen atoms in total. The first-order valence-electron chi connectivity index (χ1n) is 11.7. The highest BCUT2D eigenvalue weighted by Crippen LogP contribution is 2.11. The molecule has 0 aromatic rings. The van der Waals surface area contributed by atoms with Gasteiger partial charge in [-0.2, -0.15) is 0 Å². The van der Waals surface area contributed by atoms with E-state index in [-0.39, 0.29) is 11.8 Å². The fraction of sp³-hybridized carbons (Fsp3) is 0.833. The van der Waals surface area contributed by atoms with Crippen molar-refractivity contribution < 1.29 is 14.7 Å². The maximum Gasteiger partial charge on any atom is 0.326 e. The SMILES string of the molecule is CCCCCCCCC=CCCCCCCCC(=O)NC(C(=O)O)C(C)CC. The summed E-state index contributed by atoms with van der Waals surface area (Å²) in [7, 11) is 0. The van der Waals surface area contributed by atoms with E-state index in [1.54, 1.807) is 0 Å². The van der Waals surface area contributed by atoms with Gasteiger partial charge in [0.1, 0.15) is 6.04 Å². The lowest BCUT2D eigenvalue weighted by Gasteiger charge is -2.20. The zero-order valence-corrected chi connectivity index (χ0v) is 18.7. The molecule has 0 radical (unpaired) electrons. The minimum absolute atomic E-state index is 0.0458. The number of carboxylic acids is 1. The maximum atomic E-state index is 11.9. The molecule has 0 bridgehead atoms. The summed E-state index contributed by atoms with van der Waals surface area (Å²) in [5.74, 6) is -1.12. The summed E-state index contributed by atoms with van der Waals surface area (Å²) in [6.45, 7) is 6.06. The molecule has 4 heteroatoms. The Bertz CT molecular complexity index is 420. The average Bonchev–Trinajstić information content (AvgIpc) is 2.68. The quantitative estimate of drug-likeness (QED) is 0.190. The van der Waals surface area contributed by atoms with Crippen LogP contribution in [0.15, 0.2) is 12.2 Å². The molecule has 0 aliphatic rings. The number of carboxylic acid groups (broad SMARTS) is 1. The van der Waals surface area contributed by atoms with E-state index in [2.05, 4.69) is 24.4 Å². The summed E-state index contributed by atoms with van der Waals surface area (Å²) < 4.78 is 0. The average molecular weight is 396 g/mol. The Kier molecular flexibility index (Phi) is 18.1. The highest BCUT2D eigenvalue weighted by atomic mass is 16.4. The van der Waals surface area contributed by atoms with E-state index in [9.17, 15) is 14.7 Å². The lowest BCUT2D eigenvalue weighted by molar-refractivity contribution is -0.143. The van der Waals surface area contributed by atoms with Crippen LogP contribution in [-0.2, 0) is 9.59 Å². The van der Waals surface area contributed by atoms with Gasteiger partial charge in [-0.3, -0.25) is 4.79 Å². The molecule has 1 amide bonds. The van der Waals surface area contributed by atoms with Crippen LogP contribution in [0.2, 0.25) is 0 Å². The molecule has 0 saturated carbocycles. The van der Waals surface area contributed by atoms with E-state index in [0.29, 0.717) is 6.42 Å². The Balaban J connectivity index is 3.52. The van der Waals surface area contributed by atoms with E-state index >= 15 is 0 Å². The molecule has 0 aromatic heterocycles. The van der Waals surface area contributed by atoms with Crippen LogP contribution in [0.25, 0.3) is 0 Å². The number of carbonyl (C=O) groups is 2. The van der Waals surface area contributed by atoms with Crippen molar-refractivity contribution in [3.63, 3.8) is 0 Å². The Morgan fingerprint density at radius 2 is 1.32 bits per heavy atom. The first-order chi connectivity index (χ1) is 13.5.